The van der Waals surface area contributed by atoms with Crippen molar-refractivity contribution in [3.8, 4) is 17.2 Å². The highest BCUT2D eigenvalue weighted by Crippen LogP contribution is 2.23. The third-order valence-electron chi connectivity index (χ3n) is 4.73. The number of carbonyl (C=O) groups excluding carboxylic acids is 1. The van der Waals surface area contributed by atoms with E-state index >= 15 is 0 Å². The fourth-order valence-corrected chi connectivity index (χ4v) is 3.12. The molecule has 0 aliphatic carbocycles. The Bertz CT molecular complexity index is 818. The molecule has 1 saturated heterocycles. The Kier molecular flexibility index (Phi) is 7.04. The molecule has 1 heterocycles. The molecule has 0 bridgehead atoms. The van der Waals surface area contributed by atoms with Crippen LogP contribution in [0.2, 0.25) is 0 Å². The number of ether oxygens (including phenoxy) is 3. The van der Waals surface area contributed by atoms with Gasteiger partial charge < -0.3 is 19.1 Å². The van der Waals surface area contributed by atoms with Gasteiger partial charge in [-0.25, -0.2) is 0 Å². The lowest BCUT2D eigenvalue weighted by Crippen LogP contribution is -2.49. The van der Waals surface area contributed by atoms with Gasteiger partial charge in [0.05, 0.1) is 7.11 Å². The first-order chi connectivity index (χ1) is 14.3. The van der Waals surface area contributed by atoms with E-state index in [9.17, 15) is 18.0 Å². The number of alkyl halides is 3. The van der Waals surface area contributed by atoms with Gasteiger partial charge >= 0.3 is 6.36 Å². The minimum Gasteiger partial charge on any atom is -0.497 e. The third kappa shape index (κ3) is 6.28. The van der Waals surface area contributed by atoms with Crippen LogP contribution in [0, 0.1) is 0 Å². The van der Waals surface area contributed by atoms with Gasteiger partial charge in [-0.05, 0) is 48.5 Å². The summed E-state index contributed by atoms with van der Waals surface area (Å²) >= 11 is 0. The molecule has 1 aliphatic rings. The van der Waals surface area contributed by atoms with Gasteiger partial charge in [0.2, 0.25) is 0 Å². The fourth-order valence-electron chi connectivity index (χ4n) is 3.12. The van der Waals surface area contributed by atoms with E-state index in [1.807, 2.05) is 24.3 Å². The third-order valence-corrected chi connectivity index (χ3v) is 4.73. The average molecular weight is 424 g/mol. The summed E-state index contributed by atoms with van der Waals surface area (Å²) in [6.07, 6.45) is -4.75. The number of piperazine rings is 1. The van der Waals surface area contributed by atoms with E-state index in [1.54, 1.807) is 12.0 Å². The highest BCUT2D eigenvalue weighted by molar-refractivity contribution is 5.94. The molecule has 2 aromatic carbocycles. The lowest BCUT2D eigenvalue weighted by Gasteiger charge is -2.34. The Morgan fingerprint density at radius 2 is 1.47 bits per heavy atom. The van der Waals surface area contributed by atoms with Gasteiger partial charge in [0.1, 0.15) is 23.9 Å². The number of amides is 1. The molecule has 0 spiro atoms. The molecule has 0 aromatic heterocycles. The van der Waals surface area contributed by atoms with Crippen LogP contribution in [0.3, 0.4) is 0 Å². The van der Waals surface area contributed by atoms with E-state index in [2.05, 4.69) is 9.64 Å². The molecule has 6 nitrogen and oxygen atoms in total. The van der Waals surface area contributed by atoms with E-state index in [0.29, 0.717) is 38.3 Å². The van der Waals surface area contributed by atoms with Gasteiger partial charge in [0.25, 0.3) is 5.91 Å². The number of benzene rings is 2. The van der Waals surface area contributed by atoms with Crippen molar-refractivity contribution in [2.75, 3.05) is 46.4 Å². The topological polar surface area (TPSA) is 51.2 Å². The van der Waals surface area contributed by atoms with Crippen LogP contribution < -0.4 is 14.2 Å². The predicted molar refractivity (Wildman–Crippen MR) is 104 cm³/mol. The minimum absolute atomic E-state index is 0.206. The molecule has 162 valence electrons. The number of hydrogen-bond acceptors (Lipinski definition) is 5. The van der Waals surface area contributed by atoms with Crippen LogP contribution in [-0.2, 0) is 0 Å². The molecule has 2 aromatic rings. The second-order valence-electron chi connectivity index (χ2n) is 6.73. The van der Waals surface area contributed by atoms with Crippen LogP contribution in [0.4, 0.5) is 13.2 Å². The van der Waals surface area contributed by atoms with E-state index < -0.39 is 6.36 Å². The summed E-state index contributed by atoms with van der Waals surface area (Å²) in [5.41, 5.74) is 0.334. The van der Waals surface area contributed by atoms with Crippen molar-refractivity contribution in [1.29, 1.82) is 0 Å². The second kappa shape index (κ2) is 9.71. The van der Waals surface area contributed by atoms with Crippen LogP contribution in [0.15, 0.2) is 48.5 Å². The van der Waals surface area contributed by atoms with Gasteiger partial charge in [-0.1, -0.05) is 0 Å². The molecular formula is C21H23F3N2O4. The number of carbonyl (C=O) groups is 1. The maximum Gasteiger partial charge on any atom is 0.573 e. The average Bonchev–Trinajstić information content (AvgIpc) is 2.74. The van der Waals surface area contributed by atoms with Crippen molar-refractivity contribution < 1.29 is 32.2 Å². The number of rotatable bonds is 7. The SMILES string of the molecule is COc1ccc(OCCN2CCN(C(=O)c3ccc(OC(F)(F)F)cc3)CC2)cc1. The van der Waals surface area contributed by atoms with E-state index in [0.717, 1.165) is 30.2 Å². The first kappa shape index (κ1) is 21.8. The van der Waals surface area contributed by atoms with Gasteiger partial charge in [-0.3, -0.25) is 9.69 Å². The van der Waals surface area contributed by atoms with Crippen LogP contribution in [0.5, 0.6) is 17.2 Å². The fraction of sp³-hybridized carbons (Fsp3) is 0.381. The minimum atomic E-state index is -4.75. The quantitative estimate of drug-likeness (QED) is 0.682. The zero-order valence-electron chi connectivity index (χ0n) is 16.5. The van der Waals surface area contributed by atoms with Gasteiger partial charge in [0, 0.05) is 38.3 Å². The molecule has 9 heteroatoms. The molecule has 0 unspecified atom stereocenters. The molecule has 1 fully saturated rings. The van der Waals surface area contributed by atoms with Crippen LogP contribution in [0.1, 0.15) is 10.4 Å². The highest BCUT2D eigenvalue weighted by Gasteiger charge is 2.31. The summed E-state index contributed by atoms with van der Waals surface area (Å²) in [5.74, 6) is 0.983. The Labute approximate surface area is 172 Å². The summed E-state index contributed by atoms with van der Waals surface area (Å²) in [6, 6.07) is 12.3. The first-order valence-corrected chi connectivity index (χ1v) is 9.48. The first-order valence-electron chi connectivity index (χ1n) is 9.48. The van der Waals surface area contributed by atoms with Crippen molar-refractivity contribution in [2.24, 2.45) is 0 Å². The molecule has 0 saturated carbocycles. The van der Waals surface area contributed by atoms with Gasteiger partial charge in [-0.15, -0.1) is 13.2 Å². The smallest absolute Gasteiger partial charge is 0.497 e. The van der Waals surface area contributed by atoms with Crippen LogP contribution >= 0.6 is 0 Å². The van der Waals surface area contributed by atoms with Crippen molar-refractivity contribution >= 4 is 5.91 Å². The van der Waals surface area contributed by atoms with E-state index in [4.69, 9.17) is 9.47 Å². The highest BCUT2D eigenvalue weighted by atomic mass is 19.4. The second-order valence-corrected chi connectivity index (χ2v) is 6.73. The van der Waals surface area contributed by atoms with Gasteiger partial charge in [0.15, 0.2) is 0 Å². The maximum atomic E-state index is 12.6. The van der Waals surface area contributed by atoms with Crippen LogP contribution in [-0.4, -0.2) is 68.5 Å². The predicted octanol–water partition coefficient (Wildman–Crippen LogP) is 3.43. The molecule has 0 N–H and O–H groups in total. The number of methoxy groups -OCH3 is 1. The van der Waals surface area contributed by atoms with Crippen molar-refractivity contribution in [3.63, 3.8) is 0 Å². The Hall–Kier alpha value is -2.94. The number of hydrogen-bond donors (Lipinski definition) is 0. The molecular weight excluding hydrogens is 401 g/mol. The van der Waals surface area contributed by atoms with Crippen molar-refractivity contribution in [2.45, 2.75) is 6.36 Å². The van der Waals surface area contributed by atoms with Gasteiger partial charge in [-0.2, -0.15) is 0 Å². The Balaban J connectivity index is 1.41. The summed E-state index contributed by atoms with van der Waals surface area (Å²) in [7, 11) is 1.61. The molecule has 30 heavy (non-hydrogen) atoms. The van der Waals surface area contributed by atoms with Crippen molar-refractivity contribution in [3.05, 3.63) is 54.1 Å². The van der Waals surface area contributed by atoms with E-state index in [1.165, 1.54) is 12.1 Å². The lowest BCUT2D eigenvalue weighted by molar-refractivity contribution is -0.274. The van der Waals surface area contributed by atoms with Crippen LogP contribution in [0.25, 0.3) is 0 Å². The number of nitrogens with zero attached hydrogens (tertiary/aromatic N) is 2. The summed E-state index contributed by atoms with van der Waals surface area (Å²) in [6.45, 7) is 3.75. The summed E-state index contributed by atoms with van der Waals surface area (Å²) in [5, 5.41) is 0. The number of halogens is 3. The zero-order chi connectivity index (χ0) is 21.6. The standard InChI is InChI=1S/C21H23F3N2O4/c1-28-17-6-8-18(9-7-17)29-15-14-25-10-12-26(13-11-25)20(27)16-2-4-19(5-3-16)30-21(22,23)24/h2-9H,10-15H2,1H3. The molecule has 1 amide bonds. The summed E-state index contributed by atoms with van der Waals surface area (Å²) < 4.78 is 51.3. The monoisotopic (exact) mass is 424 g/mol. The zero-order valence-corrected chi connectivity index (χ0v) is 16.5. The molecule has 1 aliphatic heterocycles. The Morgan fingerprint density at radius 1 is 0.900 bits per heavy atom. The summed E-state index contributed by atoms with van der Waals surface area (Å²) in [4.78, 5) is 16.5. The Morgan fingerprint density at radius 3 is 2.03 bits per heavy atom. The largest absolute Gasteiger partial charge is 0.573 e. The van der Waals surface area contributed by atoms with E-state index in [-0.39, 0.29) is 11.7 Å². The molecule has 0 atom stereocenters. The van der Waals surface area contributed by atoms with Crippen molar-refractivity contribution in [1.82, 2.24) is 9.80 Å². The maximum absolute atomic E-state index is 12.6. The molecule has 0 radical (unpaired) electrons. The normalized spacial score (nSPS) is 15.0. The lowest BCUT2D eigenvalue weighted by atomic mass is 10.1. The molecule has 3 rings (SSSR count).